The number of nitrogens with two attached hydrogens (primary N) is 1. The van der Waals surface area contributed by atoms with E-state index in [1.54, 1.807) is 43.3 Å². The van der Waals surface area contributed by atoms with Gasteiger partial charge in [0.2, 0.25) is 15.9 Å². The van der Waals surface area contributed by atoms with Gasteiger partial charge in [-0.05, 0) is 61.2 Å². The summed E-state index contributed by atoms with van der Waals surface area (Å²) in [6.45, 7) is 1.51. The molecule has 3 rings (SSSR count). The minimum absolute atomic E-state index is 0.0152. The number of benzene rings is 2. The van der Waals surface area contributed by atoms with Gasteiger partial charge in [-0.25, -0.2) is 13.1 Å². The number of primary amides is 1. The van der Waals surface area contributed by atoms with Crippen molar-refractivity contribution >= 4 is 27.5 Å². The van der Waals surface area contributed by atoms with E-state index in [-0.39, 0.29) is 29.9 Å². The van der Waals surface area contributed by atoms with E-state index >= 15 is 0 Å². The molecule has 2 aromatic rings. The lowest BCUT2D eigenvalue weighted by Crippen LogP contribution is -2.36. The number of ether oxygens (including phenoxy) is 1. The fourth-order valence-corrected chi connectivity index (χ4v) is 5.10. The second-order valence-corrected chi connectivity index (χ2v) is 9.77. The van der Waals surface area contributed by atoms with Gasteiger partial charge >= 0.3 is 0 Å². The number of hydrogen-bond donors (Lipinski definition) is 3. The van der Waals surface area contributed by atoms with E-state index in [0.717, 1.165) is 37.7 Å². The predicted octanol–water partition coefficient (Wildman–Crippen LogP) is 2.65. The van der Waals surface area contributed by atoms with Crippen molar-refractivity contribution in [1.29, 1.82) is 0 Å². The molecule has 0 heterocycles. The third-order valence-corrected chi connectivity index (χ3v) is 6.88. The molecule has 9 heteroatoms. The van der Waals surface area contributed by atoms with Crippen molar-refractivity contribution < 1.29 is 22.7 Å². The number of anilines is 1. The Morgan fingerprint density at radius 1 is 1.06 bits per heavy atom. The Labute approximate surface area is 188 Å². The van der Waals surface area contributed by atoms with Gasteiger partial charge < -0.3 is 15.8 Å². The first-order chi connectivity index (χ1) is 15.2. The van der Waals surface area contributed by atoms with E-state index in [1.165, 1.54) is 6.07 Å². The molecule has 0 aliphatic heterocycles. The van der Waals surface area contributed by atoms with Gasteiger partial charge in [0.05, 0.1) is 11.3 Å². The van der Waals surface area contributed by atoms with Crippen LogP contribution in [0.5, 0.6) is 5.75 Å². The molecule has 0 radical (unpaired) electrons. The lowest BCUT2D eigenvalue weighted by Gasteiger charge is -2.22. The number of nitrogens with one attached hydrogen (secondary N) is 2. The van der Waals surface area contributed by atoms with Crippen LogP contribution in [0.1, 0.15) is 43.2 Å². The van der Waals surface area contributed by atoms with Gasteiger partial charge in [0, 0.05) is 11.7 Å². The van der Waals surface area contributed by atoms with Crippen LogP contribution in [0.2, 0.25) is 0 Å². The molecule has 0 bridgehead atoms. The third-order valence-electron chi connectivity index (χ3n) is 5.36. The average molecular weight is 460 g/mol. The van der Waals surface area contributed by atoms with Crippen molar-refractivity contribution in [3.05, 3.63) is 53.6 Å². The highest BCUT2D eigenvalue weighted by Gasteiger charge is 2.22. The molecule has 1 saturated carbocycles. The maximum atomic E-state index is 12.7. The Morgan fingerprint density at radius 3 is 2.38 bits per heavy atom. The van der Waals surface area contributed by atoms with Gasteiger partial charge in [-0.15, -0.1) is 0 Å². The third kappa shape index (κ3) is 6.80. The van der Waals surface area contributed by atoms with E-state index in [9.17, 15) is 18.0 Å². The van der Waals surface area contributed by atoms with E-state index < -0.39 is 15.9 Å². The molecule has 0 aromatic heterocycles. The molecule has 32 heavy (non-hydrogen) atoms. The number of sulfonamides is 1. The zero-order chi connectivity index (χ0) is 23.1. The highest BCUT2D eigenvalue weighted by Crippen LogP contribution is 2.24. The summed E-state index contributed by atoms with van der Waals surface area (Å²) in [5.41, 5.74) is 7.12. The number of amides is 2. The zero-order valence-corrected chi connectivity index (χ0v) is 18.9. The lowest BCUT2D eigenvalue weighted by atomic mass is 9.96. The highest BCUT2D eigenvalue weighted by atomic mass is 32.2. The summed E-state index contributed by atoms with van der Waals surface area (Å²) < 4.78 is 33.7. The molecule has 2 amide bonds. The summed E-state index contributed by atoms with van der Waals surface area (Å²) in [4.78, 5) is 23.3. The first kappa shape index (κ1) is 23.7. The van der Waals surface area contributed by atoms with Crippen molar-refractivity contribution in [2.24, 2.45) is 5.73 Å². The maximum Gasteiger partial charge on any atom is 0.262 e. The van der Waals surface area contributed by atoms with Crippen LogP contribution in [0.4, 0.5) is 5.69 Å². The van der Waals surface area contributed by atoms with Gasteiger partial charge in [-0.2, -0.15) is 0 Å². The molecule has 0 saturated heterocycles. The van der Waals surface area contributed by atoms with Gasteiger partial charge in [-0.3, -0.25) is 9.59 Å². The second kappa shape index (κ2) is 10.6. The highest BCUT2D eigenvalue weighted by molar-refractivity contribution is 7.89. The summed E-state index contributed by atoms with van der Waals surface area (Å²) in [5.74, 6) is -0.342. The molecule has 1 aliphatic rings. The average Bonchev–Trinajstić information content (AvgIpc) is 2.74. The number of rotatable bonds is 9. The van der Waals surface area contributed by atoms with E-state index in [1.807, 2.05) is 0 Å². The summed E-state index contributed by atoms with van der Waals surface area (Å²) in [6, 6.07) is 11.4. The number of aryl methyl sites for hydroxylation is 1. The van der Waals surface area contributed by atoms with Crippen molar-refractivity contribution in [3.8, 4) is 5.75 Å². The van der Waals surface area contributed by atoms with E-state index in [0.29, 0.717) is 17.0 Å². The first-order valence-corrected chi connectivity index (χ1v) is 12.1. The van der Waals surface area contributed by atoms with Gasteiger partial charge in [0.15, 0.2) is 6.61 Å². The second-order valence-electron chi connectivity index (χ2n) is 8.06. The molecular weight excluding hydrogens is 430 g/mol. The van der Waals surface area contributed by atoms with Crippen molar-refractivity contribution in [1.82, 2.24) is 4.72 Å². The van der Waals surface area contributed by atoms with E-state index in [2.05, 4.69) is 10.0 Å². The summed E-state index contributed by atoms with van der Waals surface area (Å²) >= 11 is 0. The molecule has 4 N–H and O–H groups in total. The molecule has 0 spiro atoms. The van der Waals surface area contributed by atoms with Crippen LogP contribution < -0.4 is 20.5 Å². The fourth-order valence-electron chi connectivity index (χ4n) is 3.71. The van der Waals surface area contributed by atoms with Crippen LogP contribution >= 0.6 is 0 Å². The predicted molar refractivity (Wildman–Crippen MR) is 122 cm³/mol. The Morgan fingerprint density at radius 2 is 1.75 bits per heavy atom. The first-order valence-electron chi connectivity index (χ1n) is 10.7. The van der Waals surface area contributed by atoms with E-state index in [4.69, 9.17) is 10.5 Å². The monoisotopic (exact) mass is 459 g/mol. The molecule has 172 valence electrons. The smallest absolute Gasteiger partial charge is 0.262 e. The SMILES string of the molecule is Cc1cc(S(=O)(=O)NC2CCCCC2)ccc1OCC(=O)Nc1ccc(CC(N)=O)cc1. The lowest BCUT2D eigenvalue weighted by molar-refractivity contribution is -0.118. The molecule has 0 atom stereocenters. The largest absolute Gasteiger partial charge is 0.483 e. The minimum atomic E-state index is -3.60. The minimum Gasteiger partial charge on any atom is -0.483 e. The van der Waals surface area contributed by atoms with Crippen LogP contribution in [0, 0.1) is 6.92 Å². The van der Waals surface area contributed by atoms with Crippen molar-refractivity contribution in [2.45, 2.75) is 56.4 Å². The Kier molecular flexibility index (Phi) is 7.87. The van der Waals surface area contributed by atoms with Crippen molar-refractivity contribution in [3.63, 3.8) is 0 Å². The van der Waals surface area contributed by atoms with Gasteiger partial charge in [-0.1, -0.05) is 31.4 Å². The van der Waals surface area contributed by atoms with Gasteiger partial charge in [0.1, 0.15) is 5.75 Å². The van der Waals surface area contributed by atoms with Crippen LogP contribution in [0.25, 0.3) is 0 Å². The molecule has 1 aliphatic carbocycles. The number of hydrogen-bond acceptors (Lipinski definition) is 5. The molecule has 2 aromatic carbocycles. The topological polar surface area (TPSA) is 128 Å². The normalized spacial score (nSPS) is 14.7. The maximum absolute atomic E-state index is 12.7. The summed E-state index contributed by atoms with van der Waals surface area (Å²) in [5, 5.41) is 2.71. The Hall–Kier alpha value is -2.91. The van der Waals surface area contributed by atoms with Crippen LogP contribution in [-0.4, -0.2) is 32.9 Å². The Bertz CT molecular complexity index is 1060. The van der Waals surface area contributed by atoms with Gasteiger partial charge in [0.25, 0.3) is 5.91 Å². The Balaban J connectivity index is 1.55. The summed E-state index contributed by atoms with van der Waals surface area (Å²) in [7, 11) is -3.60. The van der Waals surface area contributed by atoms with Crippen LogP contribution in [0.3, 0.4) is 0 Å². The van der Waals surface area contributed by atoms with Crippen molar-refractivity contribution in [2.75, 3.05) is 11.9 Å². The van der Waals surface area contributed by atoms with Crippen LogP contribution in [0.15, 0.2) is 47.4 Å². The quantitative estimate of drug-likeness (QED) is 0.531. The molecule has 1 fully saturated rings. The van der Waals surface area contributed by atoms with Crippen LogP contribution in [-0.2, 0) is 26.0 Å². The fraction of sp³-hybridized carbons (Fsp3) is 0.391. The summed E-state index contributed by atoms with van der Waals surface area (Å²) in [6.07, 6.45) is 5.10. The molecule has 0 unspecified atom stereocenters. The standard InChI is InChI=1S/C23H29N3O5S/c1-16-13-20(32(29,30)26-19-5-3-2-4-6-19)11-12-21(16)31-15-23(28)25-18-9-7-17(8-10-18)14-22(24)27/h7-13,19,26H,2-6,14-15H2,1H3,(H2,24,27)(H,25,28). The molecular formula is C23H29N3O5S. The number of carbonyl (C=O) groups excluding carboxylic acids is 2. The zero-order valence-electron chi connectivity index (χ0n) is 18.1. The molecule has 8 nitrogen and oxygen atoms in total. The number of carbonyl (C=O) groups is 2.